The Labute approximate surface area is 215 Å². The van der Waals surface area contributed by atoms with Crippen molar-refractivity contribution in [3.63, 3.8) is 0 Å². The summed E-state index contributed by atoms with van der Waals surface area (Å²) in [5, 5.41) is 11.4. The van der Waals surface area contributed by atoms with Crippen LogP contribution in [0.2, 0.25) is 0 Å². The molecule has 0 radical (unpaired) electrons. The lowest BCUT2D eigenvalue weighted by Crippen LogP contribution is -2.50. The van der Waals surface area contributed by atoms with Gasteiger partial charge in [-0.3, -0.25) is 4.90 Å². The van der Waals surface area contributed by atoms with Gasteiger partial charge in [0.25, 0.3) is 0 Å². The molecule has 0 bridgehead atoms. The van der Waals surface area contributed by atoms with Crippen LogP contribution >= 0.6 is 0 Å². The van der Waals surface area contributed by atoms with E-state index in [4.69, 9.17) is 14.7 Å². The summed E-state index contributed by atoms with van der Waals surface area (Å²) >= 11 is 0. The predicted molar refractivity (Wildman–Crippen MR) is 146 cm³/mol. The SMILES string of the molecule is COc1c(C)cc(C(C)(O)CN2CCN(c3cc(N4CCCC4)nc(N4CCCC4)n3)CC2)cc1C. The van der Waals surface area contributed by atoms with Crippen LogP contribution in [0.15, 0.2) is 18.2 Å². The van der Waals surface area contributed by atoms with Crippen LogP contribution in [-0.2, 0) is 5.60 Å². The number of ether oxygens (including phenoxy) is 1. The molecule has 196 valence electrons. The van der Waals surface area contributed by atoms with Crippen molar-refractivity contribution >= 4 is 17.6 Å². The average Bonchev–Trinajstić information content (AvgIpc) is 3.59. The summed E-state index contributed by atoms with van der Waals surface area (Å²) in [4.78, 5) is 19.5. The summed E-state index contributed by atoms with van der Waals surface area (Å²) in [6, 6.07) is 6.31. The maximum absolute atomic E-state index is 11.4. The molecule has 2 aromatic rings. The molecule has 0 saturated carbocycles. The summed E-state index contributed by atoms with van der Waals surface area (Å²) in [5.74, 6) is 3.91. The Bertz CT molecular complexity index is 997. The van der Waals surface area contributed by atoms with E-state index in [-0.39, 0.29) is 0 Å². The highest BCUT2D eigenvalue weighted by Gasteiger charge is 2.30. The van der Waals surface area contributed by atoms with Gasteiger partial charge in [-0.15, -0.1) is 0 Å². The number of hydrogen-bond acceptors (Lipinski definition) is 8. The predicted octanol–water partition coefficient (Wildman–Crippen LogP) is 3.33. The quantitative estimate of drug-likeness (QED) is 0.629. The molecular weight excluding hydrogens is 452 g/mol. The van der Waals surface area contributed by atoms with E-state index in [1.165, 1.54) is 25.7 Å². The molecular formula is C28H42N6O2. The lowest BCUT2D eigenvalue weighted by Gasteiger charge is -2.39. The van der Waals surface area contributed by atoms with Crippen LogP contribution in [0.1, 0.15) is 49.3 Å². The Kier molecular flexibility index (Phi) is 7.26. The second kappa shape index (κ2) is 10.4. The zero-order valence-electron chi connectivity index (χ0n) is 22.5. The number of aryl methyl sites for hydroxylation is 2. The minimum atomic E-state index is -0.926. The van der Waals surface area contributed by atoms with Gasteiger partial charge in [-0.2, -0.15) is 9.97 Å². The van der Waals surface area contributed by atoms with Crippen molar-refractivity contribution in [2.45, 2.75) is 52.1 Å². The van der Waals surface area contributed by atoms with Crippen molar-refractivity contribution in [3.8, 4) is 5.75 Å². The van der Waals surface area contributed by atoms with Crippen LogP contribution in [0, 0.1) is 13.8 Å². The van der Waals surface area contributed by atoms with Gasteiger partial charge in [0.2, 0.25) is 5.95 Å². The largest absolute Gasteiger partial charge is 0.496 e. The lowest BCUT2D eigenvalue weighted by molar-refractivity contribution is 0.0142. The molecule has 0 spiro atoms. The smallest absolute Gasteiger partial charge is 0.229 e. The van der Waals surface area contributed by atoms with Crippen LogP contribution < -0.4 is 19.4 Å². The number of piperazine rings is 1. The molecule has 1 unspecified atom stereocenters. The number of methoxy groups -OCH3 is 1. The zero-order valence-corrected chi connectivity index (χ0v) is 22.5. The number of rotatable bonds is 7. The van der Waals surface area contributed by atoms with Crippen molar-refractivity contribution in [1.82, 2.24) is 14.9 Å². The summed E-state index contributed by atoms with van der Waals surface area (Å²) in [6.07, 6.45) is 4.92. The molecule has 0 amide bonds. The van der Waals surface area contributed by atoms with Gasteiger partial charge in [-0.05, 0) is 75.3 Å². The molecule has 1 atom stereocenters. The highest BCUT2D eigenvalue weighted by Crippen LogP contribution is 2.32. The normalized spacial score (nSPS) is 20.8. The molecule has 3 aliphatic heterocycles. The number of anilines is 3. The first-order chi connectivity index (χ1) is 17.3. The highest BCUT2D eigenvalue weighted by atomic mass is 16.5. The molecule has 1 N–H and O–H groups in total. The Balaban J connectivity index is 1.28. The minimum absolute atomic E-state index is 0.605. The van der Waals surface area contributed by atoms with Gasteiger partial charge in [0.05, 0.1) is 12.7 Å². The second-order valence-electron chi connectivity index (χ2n) is 11.0. The molecule has 1 aromatic carbocycles. The third-order valence-electron chi connectivity index (χ3n) is 8.02. The van der Waals surface area contributed by atoms with Gasteiger partial charge >= 0.3 is 0 Å². The van der Waals surface area contributed by atoms with Crippen molar-refractivity contribution in [3.05, 3.63) is 34.9 Å². The fourth-order valence-corrected chi connectivity index (χ4v) is 5.98. The second-order valence-corrected chi connectivity index (χ2v) is 11.0. The van der Waals surface area contributed by atoms with Gasteiger partial charge in [-0.1, -0.05) is 0 Å². The number of aliphatic hydroxyl groups is 1. The summed E-state index contributed by atoms with van der Waals surface area (Å²) in [5.41, 5.74) is 2.14. The standard InChI is InChI=1S/C28H42N6O2/c1-21-17-23(18-22(2)26(21)36-4)28(3,35)20-31-13-15-33(16-14-31)25-19-24(32-9-5-6-10-32)29-27(30-25)34-11-7-8-12-34/h17-19,35H,5-16,20H2,1-4H3. The van der Waals surface area contributed by atoms with Crippen LogP contribution in [-0.4, -0.2) is 86.0 Å². The summed E-state index contributed by atoms with van der Waals surface area (Å²) in [7, 11) is 1.70. The topological polar surface area (TPSA) is 68.2 Å². The minimum Gasteiger partial charge on any atom is -0.496 e. The van der Waals surface area contributed by atoms with E-state index in [9.17, 15) is 5.11 Å². The fourth-order valence-electron chi connectivity index (χ4n) is 5.98. The molecule has 3 fully saturated rings. The van der Waals surface area contributed by atoms with Gasteiger partial charge in [0.1, 0.15) is 17.4 Å². The molecule has 3 aliphatic rings. The molecule has 8 heteroatoms. The molecule has 3 saturated heterocycles. The van der Waals surface area contributed by atoms with Gasteiger partial charge in [-0.25, -0.2) is 0 Å². The number of benzene rings is 1. The van der Waals surface area contributed by atoms with Gasteiger partial charge in [0, 0.05) is 65.0 Å². The number of β-amino-alcohol motifs (C(OH)–C–C–N with tert-alkyl or cyclic N) is 1. The van der Waals surface area contributed by atoms with E-state index in [2.05, 4.69) is 37.8 Å². The van der Waals surface area contributed by atoms with Crippen molar-refractivity contribution in [1.29, 1.82) is 0 Å². The molecule has 8 nitrogen and oxygen atoms in total. The third-order valence-corrected chi connectivity index (χ3v) is 8.02. The van der Waals surface area contributed by atoms with E-state index in [1.807, 2.05) is 20.8 Å². The summed E-state index contributed by atoms with van der Waals surface area (Å²) < 4.78 is 5.51. The molecule has 1 aromatic heterocycles. The van der Waals surface area contributed by atoms with E-state index in [0.717, 1.165) is 92.4 Å². The highest BCUT2D eigenvalue weighted by molar-refractivity contribution is 5.56. The molecule has 0 aliphatic carbocycles. The number of hydrogen-bond donors (Lipinski definition) is 1. The lowest BCUT2D eigenvalue weighted by atomic mass is 9.91. The van der Waals surface area contributed by atoms with Crippen molar-refractivity contribution < 1.29 is 9.84 Å². The molecule has 5 rings (SSSR count). The zero-order chi connectivity index (χ0) is 25.3. The van der Waals surface area contributed by atoms with Crippen LogP contribution in [0.3, 0.4) is 0 Å². The van der Waals surface area contributed by atoms with Gasteiger partial charge in [0.15, 0.2) is 0 Å². The molecule has 4 heterocycles. The van der Waals surface area contributed by atoms with E-state index in [0.29, 0.717) is 6.54 Å². The van der Waals surface area contributed by atoms with Crippen LogP contribution in [0.4, 0.5) is 17.6 Å². The van der Waals surface area contributed by atoms with E-state index < -0.39 is 5.60 Å². The Morgan fingerprint density at radius 3 is 1.81 bits per heavy atom. The van der Waals surface area contributed by atoms with Crippen molar-refractivity contribution in [2.75, 3.05) is 80.7 Å². The first-order valence-corrected chi connectivity index (χ1v) is 13.6. The Morgan fingerprint density at radius 1 is 0.778 bits per heavy atom. The maximum atomic E-state index is 11.4. The Morgan fingerprint density at radius 2 is 1.28 bits per heavy atom. The molecule has 36 heavy (non-hydrogen) atoms. The van der Waals surface area contributed by atoms with Crippen LogP contribution in [0.25, 0.3) is 0 Å². The van der Waals surface area contributed by atoms with Crippen LogP contribution in [0.5, 0.6) is 5.75 Å². The third kappa shape index (κ3) is 5.25. The van der Waals surface area contributed by atoms with E-state index >= 15 is 0 Å². The van der Waals surface area contributed by atoms with E-state index in [1.54, 1.807) is 7.11 Å². The van der Waals surface area contributed by atoms with Crippen molar-refractivity contribution in [2.24, 2.45) is 0 Å². The first kappa shape index (κ1) is 25.1. The average molecular weight is 495 g/mol. The number of aromatic nitrogens is 2. The maximum Gasteiger partial charge on any atom is 0.229 e. The van der Waals surface area contributed by atoms with Gasteiger partial charge < -0.3 is 24.5 Å². The monoisotopic (exact) mass is 494 g/mol. The summed E-state index contributed by atoms with van der Waals surface area (Å²) in [6.45, 7) is 14.5. The first-order valence-electron chi connectivity index (χ1n) is 13.6. The fraction of sp³-hybridized carbons (Fsp3) is 0.643. The number of nitrogens with zero attached hydrogens (tertiary/aromatic N) is 6. The Hall–Kier alpha value is -2.58.